The van der Waals surface area contributed by atoms with Gasteiger partial charge in [-0.2, -0.15) is 0 Å². The second-order valence-corrected chi connectivity index (χ2v) is 5.22. The third-order valence-electron chi connectivity index (χ3n) is 3.40. The Kier molecular flexibility index (Phi) is 5.17. The fourth-order valence-electron chi connectivity index (χ4n) is 2.38. The van der Waals surface area contributed by atoms with Gasteiger partial charge < -0.3 is 10.6 Å². The van der Waals surface area contributed by atoms with Crippen molar-refractivity contribution in [1.82, 2.24) is 15.5 Å². The van der Waals surface area contributed by atoms with E-state index < -0.39 is 0 Å². The van der Waals surface area contributed by atoms with E-state index in [1.165, 1.54) is 24.2 Å². The molecule has 18 heavy (non-hydrogen) atoms. The predicted octanol–water partition coefficient (Wildman–Crippen LogP) is 1.18. The monoisotopic (exact) mass is 246 g/mol. The van der Waals surface area contributed by atoms with Gasteiger partial charge in [-0.1, -0.05) is 23.8 Å². The van der Waals surface area contributed by atoms with Gasteiger partial charge in [0, 0.05) is 45.3 Å². The highest BCUT2D eigenvalue weighted by Gasteiger charge is 2.12. The highest BCUT2D eigenvalue weighted by molar-refractivity contribution is 5.20. The molecular weight excluding hydrogens is 222 g/mol. The molecule has 99 valence electrons. The highest BCUT2D eigenvalue weighted by atomic mass is 15.2. The van der Waals surface area contributed by atoms with Crippen LogP contribution in [-0.2, 0) is 6.54 Å². The van der Waals surface area contributed by atoms with Gasteiger partial charge in [0.2, 0.25) is 0 Å². The molecule has 1 atom stereocenters. The molecular formula is C15H24N3. The molecule has 3 nitrogen and oxygen atoms in total. The summed E-state index contributed by atoms with van der Waals surface area (Å²) in [4.78, 5) is 2.52. The van der Waals surface area contributed by atoms with E-state index in [0.29, 0.717) is 6.04 Å². The SMILES string of the molecule is Cc1cc[c]c(CNC(C)CN2CCNCC2)c1. The summed E-state index contributed by atoms with van der Waals surface area (Å²) in [5.41, 5.74) is 2.56. The van der Waals surface area contributed by atoms with Crippen molar-refractivity contribution in [2.45, 2.75) is 26.4 Å². The van der Waals surface area contributed by atoms with Crippen LogP contribution in [0.5, 0.6) is 0 Å². The van der Waals surface area contributed by atoms with Crippen LogP contribution in [0, 0.1) is 13.0 Å². The minimum Gasteiger partial charge on any atom is -0.314 e. The number of benzene rings is 1. The molecule has 0 spiro atoms. The third kappa shape index (κ3) is 4.41. The van der Waals surface area contributed by atoms with Gasteiger partial charge in [-0.15, -0.1) is 0 Å². The first kappa shape index (κ1) is 13.5. The number of piperazine rings is 1. The molecule has 1 radical (unpaired) electrons. The Morgan fingerprint density at radius 1 is 1.44 bits per heavy atom. The molecule has 1 fully saturated rings. The van der Waals surface area contributed by atoms with Crippen molar-refractivity contribution in [3.8, 4) is 0 Å². The fourth-order valence-corrected chi connectivity index (χ4v) is 2.38. The topological polar surface area (TPSA) is 27.3 Å². The van der Waals surface area contributed by atoms with Crippen LogP contribution in [0.15, 0.2) is 18.2 Å². The van der Waals surface area contributed by atoms with Crippen molar-refractivity contribution >= 4 is 0 Å². The maximum Gasteiger partial charge on any atom is 0.0214 e. The van der Waals surface area contributed by atoms with Gasteiger partial charge in [0.15, 0.2) is 0 Å². The largest absolute Gasteiger partial charge is 0.314 e. The smallest absolute Gasteiger partial charge is 0.0214 e. The quantitative estimate of drug-likeness (QED) is 0.817. The molecule has 2 rings (SSSR count). The van der Waals surface area contributed by atoms with E-state index in [1.54, 1.807) is 0 Å². The zero-order valence-corrected chi connectivity index (χ0v) is 11.5. The molecule has 0 amide bonds. The van der Waals surface area contributed by atoms with E-state index in [2.05, 4.69) is 47.6 Å². The van der Waals surface area contributed by atoms with Crippen molar-refractivity contribution in [2.24, 2.45) is 0 Å². The van der Waals surface area contributed by atoms with Gasteiger partial charge in [-0.3, -0.25) is 4.90 Å². The standard InChI is InChI=1S/C15H24N3/c1-13-4-3-5-15(10-13)11-17-14(2)12-18-8-6-16-7-9-18/h3-4,10,14,16-17H,6-9,11-12H2,1-2H3. The summed E-state index contributed by atoms with van der Waals surface area (Å²) in [6.07, 6.45) is 0. The number of hydrogen-bond acceptors (Lipinski definition) is 3. The third-order valence-corrected chi connectivity index (χ3v) is 3.40. The summed E-state index contributed by atoms with van der Waals surface area (Å²) in [5, 5.41) is 6.97. The van der Waals surface area contributed by atoms with Gasteiger partial charge in [-0.05, 0) is 25.5 Å². The maximum atomic E-state index is 3.58. The molecule has 1 unspecified atom stereocenters. The van der Waals surface area contributed by atoms with Crippen molar-refractivity contribution < 1.29 is 0 Å². The number of aryl methyl sites for hydroxylation is 1. The lowest BCUT2D eigenvalue weighted by molar-refractivity contribution is 0.219. The van der Waals surface area contributed by atoms with Crippen molar-refractivity contribution in [3.63, 3.8) is 0 Å². The Morgan fingerprint density at radius 3 is 2.94 bits per heavy atom. The van der Waals surface area contributed by atoms with Gasteiger partial charge in [-0.25, -0.2) is 0 Å². The molecule has 1 aliphatic rings. The highest BCUT2D eigenvalue weighted by Crippen LogP contribution is 2.03. The Hall–Kier alpha value is -0.900. The summed E-state index contributed by atoms with van der Waals surface area (Å²) in [6, 6.07) is 10.1. The molecule has 3 heteroatoms. The summed E-state index contributed by atoms with van der Waals surface area (Å²) in [7, 11) is 0. The van der Waals surface area contributed by atoms with E-state index in [0.717, 1.165) is 26.2 Å². The number of nitrogens with one attached hydrogen (secondary N) is 2. The normalized spacial score (nSPS) is 18.8. The van der Waals surface area contributed by atoms with Crippen LogP contribution in [-0.4, -0.2) is 43.7 Å². The molecule has 0 saturated carbocycles. The molecule has 1 heterocycles. The van der Waals surface area contributed by atoms with Gasteiger partial charge in [0.25, 0.3) is 0 Å². The number of nitrogens with zero attached hydrogens (tertiary/aromatic N) is 1. The second-order valence-electron chi connectivity index (χ2n) is 5.22. The Morgan fingerprint density at radius 2 is 2.22 bits per heavy atom. The van der Waals surface area contributed by atoms with Gasteiger partial charge in [0.05, 0.1) is 0 Å². The summed E-state index contributed by atoms with van der Waals surface area (Å²) in [5.74, 6) is 0. The van der Waals surface area contributed by atoms with Crippen LogP contribution >= 0.6 is 0 Å². The van der Waals surface area contributed by atoms with E-state index >= 15 is 0 Å². The van der Waals surface area contributed by atoms with E-state index in [1.807, 2.05) is 6.07 Å². The lowest BCUT2D eigenvalue weighted by atomic mass is 10.1. The van der Waals surface area contributed by atoms with Gasteiger partial charge in [0.1, 0.15) is 0 Å². The summed E-state index contributed by atoms with van der Waals surface area (Å²) < 4.78 is 0. The number of rotatable bonds is 5. The zero-order valence-electron chi connectivity index (χ0n) is 11.5. The zero-order chi connectivity index (χ0) is 12.8. The molecule has 2 N–H and O–H groups in total. The first-order valence-electron chi connectivity index (χ1n) is 6.88. The minimum atomic E-state index is 0.525. The first-order chi connectivity index (χ1) is 8.74. The molecule has 1 aromatic carbocycles. The second kappa shape index (κ2) is 6.88. The van der Waals surface area contributed by atoms with Crippen LogP contribution in [0.4, 0.5) is 0 Å². The Balaban J connectivity index is 1.72. The molecule has 0 bridgehead atoms. The predicted molar refractivity (Wildman–Crippen MR) is 75.6 cm³/mol. The fraction of sp³-hybridized carbons (Fsp3) is 0.600. The molecule has 1 aliphatic heterocycles. The summed E-state index contributed by atoms with van der Waals surface area (Å²) in [6.45, 7) is 11.0. The maximum absolute atomic E-state index is 3.58. The molecule has 0 aromatic heterocycles. The molecule has 1 aromatic rings. The van der Waals surface area contributed by atoms with Crippen LogP contribution in [0.3, 0.4) is 0 Å². The first-order valence-corrected chi connectivity index (χ1v) is 6.88. The van der Waals surface area contributed by atoms with Crippen molar-refractivity contribution in [2.75, 3.05) is 32.7 Å². The van der Waals surface area contributed by atoms with E-state index in [9.17, 15) is 0 Å². The molecule has 1 saturated heterocycles. The minimum absolute atomic E-state index is 0.525. The van der Waals surface area contributed by atoms with E-state index in [-0.39, 0.29) is 0 Å². The lowest BCUT2D eigenvalue weighted by Gasteiger charge is -2.30. The summed E-state index contributed by atoms with van der Waals surface area (Å²) >= 11 is 0. The Bertz CT molecular complexity index is 359. The van der Waals surface area contributed by atoms with E-state index in [4.69, 9.17) is 0 Å². The Labute approximate surface area is 111 Å². The van der Waals surface area contributed by atoms with Crippen molar-refractivity contribution in [3.05, 3.63) is 35.4 Å². The number of hydrogen-bond donors (Lipinski definition) is 2. The van der Waals surface area contributed by atoms with Crippen molar-refractivity contribution in [1.29, 1.82) is 0 Å². The average Bonchev–Trinajstić information content (AvgIpc) is 2.38. The van der Waals surface area contributed by atoms with Crippen LogP contribution in [0.25, 0.3) is 0 Å². The molecule has 0 aliphatic carbocycles. The average molecular weight is 246 g/mol. The van der Waals surface area contributed by atoms with Gasteiger partial charge >= 0.3 is 0 Å². The lowest BCUT2D eigenvalue weighted by Crippen LogP contribution is -2.48. The van der Waals surface area contributed by atoms with Crippen LogP contribution < -0.4 is 10.6 Å². The van der Waals surface area contributed by atoms with Crippen LogP contribution in [0.1, 0.15) is 18.1 Å². The van der Waals surface area contributed by atoms with Crippen LogP contribution in [0.2, 0.25) is 0 Å².